The molecule has 0 aliphatic carbocycles. The summed E-state index contributed by atoms with van der Waals surface area (Å²) in [6.07, 6.45) is 10.6. The third kappa shape index (κ3) is 13.7. The lowest BCUT2D eigenvalue weighted by atomic mass is 10.00. The molecule has 2 unspecified atom stereocenters. The van der Waals surface area contributed by atoms with Crippen LogP contribution in [0.25, 0.3) is 0 Å². The van der Waals surface area contributed by atoms with Gasteiger partial charge in [-0.3, -0.25) is 9.59 Å². The summed E-state index contributed by atoms with van der Waals surface area (Å²) in [6, 6.07) is 10.1. The number of allylic oxidation sites excluding steroid dienone is 2. The van der Waals surface area contributed by atoms with Crippen LogP contribution in [0, 0.1) is 5.92 Å². The van der Waals surface area contributed by atoms with Crippen LogP contribution in [0.2, 0.25) is 0 Å². The number of unbranched alkanes of at least 4 members (excludes halogenated alkanes) is 2. The Balaban J connectivity index is 2.36. The van der Waals surface area contributed by atoms with E-state index in [-0.39, 0.29) is 18.0 Å². The number of benzene rings is 1. The summed E-state index contributed by atoms with van der Waals surface area (Å²) in [5.41, 5.74) is 7.60. The summed E-state index contributed by atoms with van der Waals surface area (Å²) in [6.45, 7) is 6.90. The van der Waals surface area contributed by atoms with Crippen molar-refractivity contribution in [2.24, 2.45) is 11.7 Å². The molecule has 0 saturated heterocycles. The van der Waals surface area contributed by atoms with Crippen molar-refractivity contribution in [2.75, 3.05) is 6.61 Å². The molecule has 0 aliphatic heterocycles. The number of carbonyl (C=O) groups is 2. The molecule has 0 spiro atoms. The van der Waals surface area contributed by atoms with Crippen LogP contribution >= 0.6 is 0 Å². The first-order chi connectivity index (χ1) is 14.4. The summed E-state index contributed by atoms with van der Waals surface area (Å²) < 4.78 is 11.1. The van der Waals surface area contributed by atoms with E-state index in [1.165, 1.54) is 18.1 Å². The molecule has 1 aromatic carbocycles. The Bertz CT molecular complexity index is 682. The Morgan fingerprint density at radius 3 is 2.47 bits per heavy atom. The van der Waals surface area contributed by atoms with Gasteiger partial charge in [-0.15, -0.1) is 0 Å². The van der Waals surface area contributed by atoms with E-state index in [0.29, 0.717) is 25.6 Å². The van der Waals surface area contributed by atoms with Gasteiger partial charge in [-0.05, 0) is 50.2 Å². The predicted octanol–water partition coefficient (Wildman–Crippen LogP) is 5.10. The van der Waals surface area contributed by atoms with Gasteiger partial charge in [0.05, 0.1) is 13.2 Å². The maximum atomic E-state index is 11.4. The van der Waals surface area contributed by atoms with Crippen molar-refractivity contribution in [1.29, 1.82) is 0 Å². The minimum absolute atomic E-state index is 0.225. The highest BCUT2D eigenvalue weighted by atomic mass is 16.5. The quantitative estimate of drug-likeness (QED) is 0.246. The molecule has 0 saturated carbocycles. The number of nitrogens with two attached hydrogens (primary N) is 1. The van der Waals surface area contributed by atoms with Gasteiger partial charge in [-0.25, -0.2) is 0 Å². The number of hydrogen-bond donors (Lipinski definition) is 1. The van der Waals surface area contributed by atoms with Crippen LogP contribution < -0.4 is 5.73 Å². The molecule has 2 N–H and O–H groups in total. The lowest BCUT2D eigenvalue weighted by molar-refractivity contribution is -0.144. The van der Waals surface area contributed by atoms with Gasteiger partial charge in [0.2, 0.25) is 5.91 Å². The fraction of sp³-hybridized carbons (Fsp3) is 0.520. The van der Waals surface area contributed by atoms with E-state index in [2.05, 4.69) is 38.1 Å². The van der Waals surface area contributed by atoms with Crippen LogP contribution in [0.5, 0.6) is 0 Å². The van der Waals surface area contributed by atoms with Crippen LogP contribution in [0.15, 0.2) is 54.1 Å². The Morgan fingerprint density at radius 1 is 1.07 bits per heavy atom. The zero-order valence-corrected chi connectivity index (χ0v) is 18.6. The standard InChI is InChI=1S/C25H37NO4/c1-20(18-21(2)16-17-29-19-23-10-6-4-7-11-23)14-15-24(30-22(3)27)12-8-5-9-13-25(26)28/h4,6-7,10-11,14-16,20,24H,5,8-9,12-13,17-19H2,1-3H3,(H2,26,28)/b15-14+,21-16+. The SMILES string of the molecule is CC(=O)OC(/C=C/C(C)C/C(C)=C/COCc1ccccc1)CCCCCC(N)=O. The number of hydrogen-bond acceptors (Lipinski definition) is 4. The van der Waals surface area contributed by atoms with E-state index in [9.17, 15) is 9.59 Å². The molecule has 0 bridgehead atoms. The van der Waals surface area contributed by atoms with Crippen molar-refractivity contribution in [3.05, 3.63) is 59.7 Å². The van der Waals surface area contributed by atoms with Gasteiger partial charge in [-0.1, -0.05) is 61.4 Å². The molecule has 5 heteroatoms. The van der Waals surface area contributed by atoms with Gasteiger partial charge in [0.25, 0.3) is 0 Å². The van der Waals surface area contributed by atoms with E-state index < -0.39 is 0 Å². The number of ether oxygens (including phenoxy) is 2. The third-order valence-corrected chi connectivity index (χ3v) is 4.69. The van der Waals surface area contributed by atoms with Crippen molar-refractivity contribution in [2.45, 2.75) is 72.0 Å². The molecule has 166 valence electrons. The number of amides is 1. The van der Waals surface area contributed by atoms with Crippen LogP contribution in [-0.2, 0) is 25.7 Å². The van der Waals surface area contributed by atoms with Gasteiger partial charge in [0.15, 0.2) is 0 Å². The lowest BCUT2D eigenvalue weighted by Gasteiger charge is -2.14. The maximum Gasteiger partial charge on any atom is 0.303 e. The molecule has 1 amide bonds. The van der Waals surface area contributed by atoms with Crippen molar-refractivity contribution in [1.82, 2.24) is 0 Å². The summed E-state index contributed by atoms with van der Waals surface area (Å²) in [4.78, 5) is 22.1. The second-order valence-electron chi connectivity index (χ2n) is 7.83. The molecule has 0 aliphatic rings. The number of rotatable bonds is 15. The molecule has 0 aromatic heterocycles. The fourth-order valence-electron chi connectivity index (χ4n) is 3.15. The average molecular weight is 416 g/mol. The monoisotopic (exact) mass is 415 g/mol. The van der Waals surface area contributed by atoms with E-state index in [1.807, 2.05) is 24.3 Å². The molecular formula is C25H37NO4. The zero-order valence-electron chi connectivity index (χ0n) is 18.6. The van der Waals surface area contributed by atoms with Crippen molar-refractivity contribution in [3.63, 3.8) is 0 Å². The molecule has 0 radical (unpaired) electrons. The van der Waals surface area contributed by atoms with Crippen molar-refractivity contribution < 1.29 is 19.1 Å². The van der Waals surface area contributed by atoms with E-state index >= 15 is 0 Å². The van der Waals surface area contributed by atoms with Crippen molar-refractivity contribution in [3.8, 4) is 0 Å². The molecular weight excluding hydrogens is 378 g/mol. The molecule has 5 nitrogen and oxygen atoms in total. The smallest absolute Gasteiger partial charge is 0.303 e. The van der Waals surface area contributed by atoms with Gasteiger partial charge in [-0.2, -0.15) is 0 Å². The second kappa shape index (κ2) is 15.4. The second-order valence-corrected chi connectivity index (χ2v) is 7.83. The van der Waals surface area contributed by atoms with E-state index in [1.54, 1.807) is 0 Å². The van der Waals surface area contributed by atoms with Gasteiger partial charge in [0.1, 0.15) is 6.10 Å². The summed E-state index contributed by atoms with van der Waals surface area (Å²) in [5.74, 6) is -0.210. The van der Waals surface area contributed by atoms with Gasteiger partial charge < -0.3 is 15.2 Å². The molecule has 0 fully saturated rings. The van der Waals surface area contributed by atoms with Crippen LogP contribution in [-0.4, -0.2) is 24.6 Å². The predicted molar refractivity (Wildman–Crippen MR) is 121 cm³/mol. The third-order valence-electron chi connectivity index (χ3n) is 4.69. The van der Waals surface area contributed by atoms with E-state index in [0.717, 1.165) is 32.1 Å². The first-order valence-corrected chi connectivity index (χ1v) is 10.8. The topological polar surface area (TPSA) is 78.6 Å². The van der Waals surface area contributed by atoms with Crippen LogP contribution in [0.1, 0.15) is 64.9 Å². The Hall–Kier alpha value is -2.40. The number of esters is 1. The zero-order chi connectivity index (χ0) is 22.2. The lowest BCUT2D eigenvalue weighted by Crippen LogP contribution is -2.14. The first-order valence-electron chi connectivity index (χ1n) is 10.8. The molecule has 0 heterocycles. The summed E-state index contributed by atoms with van der Waals surface area (Å²) in [7, 11) is 0. The first kappa shape index (κ1) is 25.6. The van der Waals surface area contributed by atoms with Crippen LogP contribution in [0.3, 0.4) is 0 Å². The van der Waals surface area contributed by atoms with E-state index in [4.69, 9.17) is 15.2 Å². The molecule has 1 aromatic rings. The van der Waals surface area contributed by atoms with Gasteiger partial charge >= 0.3 is 5.97 Å². The Morgan fingerprint density at radius 2 is 1.80 bits per heavy atom. The minimum Gasteiger partial charge on any atom is -0.458 e. The van der Waals surface area contributed by atoms with Crippen molar-refractivity contribution >= 4 is 11.9 Å². The van der Waals surface area contributed by atoms with Crippen LogP contribution in [0.4, 0.5) is 0 Å². The Kier molecular flexibility index (Phi) is 13.2. The largest absolute Gasteiger partial charge is 0.458 e. The number of primary amides is 1. The highest BCUT2D eigenvalue weighted by molar-refractivity contribution is 5.73. The number of carbonyl (C=O) groups excluding carboxylic acids is 2. The summed E-state index contributed by atoms with van der Waals surface area (Å²) >= 11 is 0. The minimum atomic E-state index is -0.277. The fourth-order valence-corrected chi connectivity index (χ4v) is 3.15. The summed E-state index contributed by atoms with van der Waals surface area (Å²) in [5, 5.41) is 0. The molecule has 1 rings (SSSR count). The normalized spacial score (nSPS) is 13.9. The molecule has 2 atom stereocenters. The average Bonchev–Trinajstić information content (AvgIpc) is 2.69. The van der Waals surface area contributed by atoms with Gasteiger partial charge in [0, 0.05) is 13.3 Å². The Labute approximate surface area is 181 Å². The molecule has 30 heavy (non-hydrogen) atoms. The highest BCUT2D eigenvalue weighted by Gasteiger charge is 2.09. The highest BCUT2D eigenvalue weighted by Crippen LogP contribution is 2.15. The maximum absolute atomic E-state index is 11.4.